The van der Waals surface area contributed by atoms with E-state index in [1.165, 1.54) is 36.9 Å². The fourth-order valence-electron chi connectivity index (χ4n) is 3.47. The molecule has 3 nitrogen and oxygen atoms in total. The van der Waals surface area contributed by atoms with E-state index in [1.54, 1.807) is 0 Å². The monoisotopic (exact) mass is 274 g/mol. The van der Waals surface area contributed by atoms with Gasteiger partial charge in [-0.05, 0) is 43.9 Å². The summed E-state index contributed by atoms with van der Waals surface area (Å²) in [5.41, 5.74) is 2.89. The number of benzene rings is 1. The molecule has 0 saturated carbocycles. The normalized spacial score (nSPS) is 26.4. The molecule has 1 aromatic rings. The van der Waals surface area contributed by atoms with Crippen molar-refractivity contribution < 1.29 is 4.74 Å². The molecule has 2 aliphatic rings. The van der Waals surface area contributed by atoms with Crippen molar-refractivity contribution in [3.8, 4) is 0 Å². The van der Waals surface area contributed by atoms with Gasteiger partial charge in [-0.3, -0.25) is 0 Å². The molecular weight excluding hydrogens is 248 g/mol. The van der Waals surface area contributed by atoms with Gasteiger partial charge in [-0.2, -0.15) is 0 Å². The van der Waals surface area contributed by atoms with Gasteiger partial charge < -0.3 is 15.0 Å². The van der Waals surface area contributed by atoms with Gasteiger partial charge in [-0.1, -0.05) is 25.1 Å². The maximum atomic E-state index is 5.68. The molecule has 0 radical (unpaired) electrons. The fourth-order valence-corrected chi connectivity index (χ4v) is 3.47. The van der Waals surface area contributed by atoms with Gasteiger partial charge in [0.2, 0.25) is 0 Å². The second-order valence-corrected chi connectivity index (χ2v) is 5.92. The minimum atomic E-state index is 0.520. The average Bonchev–Trinajstić information content (AvgIpc) is 2.53. The molecule has 1 aromatic carbocycles. The van der Waals surface area contributed by atoms with Crippen molar-refractivity contribution in [1.29, 1.82) is 0 Å². The molecule has 2 heterocycles. The Balaban J connectivity index is 1.80. The molecule has 3 rings (SSSR count). The average molecular weight is 274 g/mol. The van der Waals surface area contributed by atoms with Crippen molar-refractivity contribution in [3.63, 3.8) is 0 Å². The van der Waals surface area contributed by atoms with Crippen LogP contribution in [0.15, 0.2) is 24.3 Å². The van der Waals surface area contributed by atoms with Crippen LogP contribution in [0.4, 0.5) is 5.69 Å². The van der Waals surface area contributed by atoms with E-state index in [2.05, 4.69) is 41.4 Å². The van der Waals surface area contributed by atoms with E-state index in [0.29, 0.717) is 12.1 Å². The van der Waals surface area contributed by atoms with E-state index in [4.69, 9.17) is 4.74 Å². The third kappa shape index (κ3) is 2.84. The SMILES string of the molecule is CCCNC1CCN(C2CCCOC2)c2ccccc21. The zero-order valence-corrected chi connectivity index (χ0v) is 12.5. The molecule has 0 spiro atoms. The summed E-state index contributed by atoms with van der Waals surface area (Å²) in [4.78, 5) is 2.58. The van der Waals surface area contributed by atoms with Crippen molar-refractivity contribution in [1.82, 2.24) is 5.32 Å². The van der Waals surface area contributed by atoms with Crippen molar-refractivity contribution >= 4 is 5.69 Å². The van der Waals surface area contributed by atoms with Gasteiger partial charge in [0.05, 0.1) is 12.6 Å². The molecule has 1 N–H and O–H groups in total. The van der Waals surface area contributed by atoms with E-state index < -0.39 is 0 Å². The van der Waals surface area contributed by atoms with E-state index in [-0.39, 0.29) is 0 Å². The maximum absolute atomic E-state index is 5.68. The van der Waals surface area contributed by atoms with E-state index in [0.717, 1.165) is 26.3 Å². The van der Waals surface area contributed by atoms with Gasteiger partial charge >= 0.3 is 0 Å². The van der Waals surface area contributed by atoms with Crippen molar-refractivity contribution in [2.24, 2.45) is 0 Å². The van der Waals surface area contributed by atoms with Crippen LogP contribution in [0.5, 0.6) is 0 Å². The van der Waals surface area contributed by atoms with E-state index in [9.17, 15) is 0 Å². The van der Waals surface area contributed by atoms with Crippen LogP contribution in [0.2, 0.25) is 0 Å². The maximum Gasteiger partial charge on any atom is 0.0669 e. The Morgan fingerprint density at radius 1 is 1.30 bits per heavy atom. The molecule has 20 heavy (non-hydrogen) atoms. The first-order chi connectivity index (χ1) is 9.90. The molecular formula is C17H26N2O. The van der Waals surface area contributed by atoms with Crippen molar-refractivity contribution in [3.05, 3.63) is 29.8 Å². The first-order valence-electron chi connectivity index (χ1n) is 8.07. The summed E-state index contributed by atoms with van der Waals surface area (Å²) < 4.78 is 5.68. The highest BCUT2D eigenvalue weighted by atomic mass is 16.5. The number of nitrogens with zero attached hydrogens (tertiary/aromatic N) is 1. The Bertz CT molecular complexity index is 429. The van der Waals surface area contributed by atoms with Crippen LogP contribution < -0.4 is 10.2 Å². The number of fused-ring (bicyclic) bond motifs is 1. The van der Waals surface area contributed by atoms with Gasteiger partial charge in [0.25, 0.3) is 0 Å². The lowest BCUT2D eigenvalue weighted by Gasteiger charge is -2.42. The molecule has 0 bridgehead atoms. The van der Waals surface area contributed by atoms with Crippen LogP contribution in [-0.4, -0.2) is 32.3 Å². The van der Waals surface area contributed by atoms with Crippen LogP contribution in [0.3, 0.4) is 0 Å². The highest BCUT2D eigenvalue weighted by Gasteiger charge is 2.29. The lowest BCUT2D eigenvalue weighted by Crippen LogP contribution is -2.46. The van der Waals surface area contributed by atoms with Crippen LogP contribution in [0, 0.1) is 0 Å². The number of ether oxygens (including phenoxy) is 1. The Morgan fingerprint density at radius 2 is 2.20 bits per heavy atom. The molecule has 0 aromatic heterocycles. The van der Waals surface area contributed by atoms with Crippen LogP contribution in [-0.2, 0) is 4.74 Å². The van der Waals surface area contributed by atoms with Gasteiger partial charge in [0.1, 0.15) is 0 Å². The standard InChI is InChI=1S/C17H26N2O/c1-2-10-18-16-9-11-19(14-6-5-12-20-13-14)17-8-4-3-7-15(16)17/h3-4,7-8,14,16,18H,2,5-6,9-13H2,1H3. The van der Waals surface area contributed by atoms with E-state index >= 15 is 0 Å². The Hall–Kier alpha value is -1.06. The first-order valence-corrected chi connectivity index (χ1v) is 8.07. The topological polar surface area (TPSA) is 24.5 Å². The number of nitrogens with one attached hydrogen (secondary N) is 1. The predicted molar refractivity (Wildman–Crippen MR) is 83.3 cm³/mol. The van der Waals surface area contributed by atoms with Gasteiger partial charge in [-0.25, -0.2) is 0 Å². The molecule has 1 fully saturated rings. The minimum Gasteiger partial charge on any atom is -0.379 e. The summed E-state index contributed by atoms with van der Waals surface area (Å²) in [5, 5.41) is 3.69. The van der Waals surface area contributed by atoms with Crippen molar-refractivity contribution in [2.75, 3.05) is 31.2 Å². The van der Waals surface area contributed by atoms with E-state index in [1.807, 2.05) is 0 Å². The highest BCUT2D eigenvalue weighted by molar-refractivity contribution is 5.57. The Kier molecular flexibility index (Phi) is 4.58. The van der Waals surface area contributed by atoms with Gasteiger partial charge in [-0.15, -0.1) is 0 Å². The molecule has 1 saturated heterocycles. The molecule has 2 atom stereocenters. The Morgan fingerprint density at radius 3 is 3.00 bits per heavy atom. The number of hydrogen-bond acceptors (Lipinski definition) is 3. The summed E-state index contributed by atoms with van der Waals surface area (Å²) in [6, 6.07) is 9.99. The zero-order chi connectivity index (χ0) is 13.8. The molecule has 0 aliphatic carbocycles. The second kappa shape index (κ2) is 6.59. The molecule has 3 heteroatoms. The quantitative estimate of drug-likeness (QED) is 0.913. The number of para-hydroxylation sites is 1. The molecule has 2 aliphatic heterocycles. The molecule has 0 amide bonds. The lowest BCUT2D eigenvalue weighted by molar-refractivity contribution is 0.0784. The summed E-state index contributed by atoms with van der Waals surface area (Å²) in [5.74, 6) is 0. The highest BCUT2D eigenvalue weighted by Crippen LogP contribution is 2.36. The third-order valence-electron chi connectivity index (χ3n) is 4.50. The summed E-state index contributed by atoms with van der Waals surface area (Å²) in [7, 11) is 0. The minimum absolute atomic E-state index is 0.520. The number of rotatable bonds is 4. The smallest absolute Gasteiger partial charge is 0.0669 e. The molecule has 2 unspecified atom stereocenters. The summed E-state index contributed by atoms with van der Waals surface area (Å²) >= 11 is 0. The van der Waals surface area contributed by atoms with Gasteiger partial charge in [0, 0.05) is 24.9 Å². The largest absolute Gasteiger partial charge is 0.379 e. The molecule has 110 valence electrons. The first kappa shape index (κ1) is 13.9. The zero-order valence-electron chi connectivity index (χ0n) is 12.5. The number of anilines is 1. The number of hydrogen-bond donors (Lipinski definition) is 1. The predicted octanol–water partition coefficient (Wildman–Crippen LogP) is 3.12. The summed E-state index contributed by atoms with van der Waals surface area (Å²) in [6.45, 7) is 6.30. The van der Waals surface area contributed by atoms with Gasteiger partial charge in [0.15, 0.2) is 0 Å². The van der Waals surface area contributed by atoms with Crippen LogP contribution in [0.25, 0.3) is 0 Å². The lowest BCUT2D eigenvalue weighted by atomic mass is 9.94. The third-order valence-corrected chi connectivity index (χ3v) is 4.50. The fraction of sp³-hybridized carbons (Fsp3) is 0.647. The summed E-state index contributed by atoms with van der Waals surface area (Å²) in [6.07, 6.45) is 4.86. The van der Waals surface area contributed by atoms with Crippen molar-refractivity contribution in [2.45, 2.75) is 44.7 Å². The van der Waals surface area contributed by atoms with Crippen LogP contribution in [0.1, 0.15) is 44.2 Å². The Labute approximate surface area is 122 Å². The second-order valence-electron chi connectivity index (χ2n) is 5.92. The van der Waals surface area contributed by atoms with Crippen LogP contribution >= 0.6 is 0 Å².